The first kappa shape index (κ1) is 10.8. The van der Waals surface area contributed by atoms with Crippen molar-refractivity contribution in [3.8, 4) is 0 Å². The zero-order valence-electron chi connectivity index (χ0n) is 7.48. The number of carbonyl (C=O) groups excluding carboxylic acids is 1. The highest BCUT2D eigenvalue weighted by Gasteiger charge is 2.17. The summed E-state index contributed by atoms with van der Waals surface area (Å²) >= 11 is 0. The molecule has 0 saturated heterocycles. The van der Waals surface area contributed by atoms with Crippen molar-refractivity contribution in [1.29, 1.82) is 0 Å². The molecule has 1 rings (SSSR count). The summed E-state index contributed by atoms with van der Waals surface area (Å²) in [7, 11) is 0. The molecule has 0 aliphatic heterocycles. The highest BCUT2D eigenvalue weighted by molar-refractivity contribution is 5.62. The molecule has 0 bridgehead atoms. The Morgan fingerprint density at radius 3 is 2.29 bits per heavy atom. The Morgan fingerprint density at radius 1 is 1.21 bits per heavy atom. The van der Waals surface area contributed by atoms with Gasteiger partial charge in [-0.05, 0) is 12.5 Å². The van der Waals surface area contributed by atoms with E-state index in [1.54, 1.807) is 13.2 Å². The van der Waals surface area contributed by atoms with Gasteiger partial charge in [0.1, 0.15) is 5.82 Å². The molecule has 0 aliphatic carbocycles. The van der Waals surface area contributed by atoms with Crippen LogP contribution in [0.4, 0.5) is 13.2 Å². The maximum absolute atomic E-state index is 13.1. The molecule has 1 atom stereocenters. The molecule has 1 aromatic carbocycles. The van der Waals surface area contributed by atoms with Gasteiger partial charge in [-0.15, -0.1) is 0 Å². The second-order valence-electron chi connectivity index (χ2n) is 2.87. The lowest BCUT2D eigenvalue weighted by Crippen LogP contribution is -2.03. The summed E-state index contributed by atoms with van der Waals surface area (Å²) in [5, 5.41) is 0. The molecule has 1 unspecified atom stereocenters. The van der Waals surface area contributed by atoms with Crippen molar-refractivity contribution in [2.75, 3.05) is 0 Å². The summed E-state index contributed by atoms with van der Waals surface area (Å²) in [6, 6.07) is 1.13. The highest BCUT2D eigenvalue weighted by Crippen LogP contribution is 2.22. The summed E-state index contributed by atoms with van der Waals surface area (Å²) in [5.74, 6) is -4.17. The molecule has 0 heterocycles. The first-order valence-electron chi connectivity index (χ1n) is 4.12. The zero-order chi connectivity index (χ0) is 10.7. The lowest BCUT2D eigenvalue weighted by molar-refractivity contribution is 0.485. The molecule has 0 aromatic heterocycles. The maximum atomic E-state index is 13.1. The van der Waals surface area contributed by atoms with Crippen LogP contribution in [0.15, 0.2) is 12.1 Å². The SMILES string of the molecule is CCC([C]=O)c1cc(F)c(F)cc1F. The fourth-order valence-corrected chi connectivity index (χ4v) is 1.17. The van der Waals surface area contributed by atoms with Crippen molar-refractivity contribution < 1.29 is 18.0 Å². The van der Waals surface area contributed by atoms with Gasteiger partial charge in [0.05, 0.1) is 5.92 Å². The third kappa shape index (κ3) is 1.95. The van der Waals surface area contributed by atoms with Crippen LogP contribution in [0, 0.1) is 17.5 Å². The Balaban J connectivity index is 3.20. The molecule has 0 fully saturated rings. The van der Waals surface area contributed by atoms with Gasteiger partial charge in [-0.2, -0.15) is 0 Å². The van der Waals surface area contributed by atoms with E-state index in [2.05, 4.69) is 0 Å². The van der Waals surface area contributed by atoms with Crippen molar-refractivity contribution >= 4 is 6.29 Å². The predicted octanol–water partition coefficient (Wildman–Crippen LogP) is 2.71. The average molecular weight is 201 g/mol. The van der Waals surface area contributed by atoms with Crippen molar-refractivity contribution in [3.05, 3.63) is 35.1 Å². The minimum absolute atomic E-state index is 0.151. The quantitative estimate of drug-likeness (QED) is 0.687. The predicted molar refractivity (Wildman–Crippen MR) is 45.0 cm³/mol. The molecule has 1 nitrogen and oxygen atoms in total. The van der Waals surface area contributed by atoms with Crippen LogP contribution in [0.1, 0.15) is 24.8 Å². The molecule has 1 radical (unpaired) electrons. The third-order valence-electron chi connectivity index (χ3n) is 1.97. The molecule has 4 heteroatoms. The minimum Gasteiger partial charge on any atom is -0.290 e. The lowest BCUT2D eigenvalue weighted by atomic mass is 9.97. The van der Waals surface area contributed by atoms with Gasteiger partial charge >= 0.3 is 0 Å². The fourth-order valence-electron chi connectivity index (χ4n) is 1.17. The molecule has 0 N–H and O–H groups in total. The van der Waals surface area contributed by atoms with E-state index in [0.717, 1.165) is 0 Å². The van der Waals surface area contributed by atoms with Gasteiger partial charge in [0.15, 0.2) is 11.6 Å². The zero-order valence-corrected chi connectivity index (χ0v) is 7.48. The van der Waals surface area contributed by atoms with Gasteiger partial charge in [0, 0.05) is 11.6 Å². The van der Waals surface area contributed by atoms with Crippen LogP contribution in [0.25, 0.3) is 0 Å². The van der Waals surface area contributed by atoms with E-state index in [-0.39, 0.29) is 5.56 Å². The first-order chi connectivity index (χ1) is 6.60. The molecule has 0 aliphatic rings. The normalized spacial score (nSPS) is 12.6. The van der Waals surface area contributed by atoms with Gasteiger partial charge in [-0.1, -0.05) is 6.92 Å². The summed E-state index contributed by atoms with van der Waals surface area (Å²) < 4.78 is 38.3. The Bertz CT molecular complexity index is 349. The van der Waals surface area contributed by atoms with Crippen LogP contribution in [0.3, 0.4) is 0 Å². The monoisotopic (exact) mass is 201 g/mol. The van der Waals surface area contributed by atoms with Gasteiger partial charge in [-0.25, -0.2) is 13.2 Å². The number of hydrogen-bond donors (Lipinski definition) is 0. The van der Waals surface area contributed by atoms with Crippen LogP contribution >= 0.6 is 0 Å². The standard InChI is InChI=1S/C10H8F3O/c1-2-6(5-14)7-3-9(12)10(13)4-8(7)11/h3-4,6H,2H2,1H3. The third-order valence-corrected chi connectivity index (χ3v) is 1.97. The van der Waals surface area contributed by atoms with Gasteiger partial charge in [-0.3, -0.25) is 4.79 Å². The molecule has 1 aromatic rings. The second-order valence-corrected chi connectivity index (χ2v) is 2.87. The topological polar surface area (TPSA) is 17.1 Å². The van der Waals surface area contributed by atoms with Gasteiger partial charge < -0.3 is 0 Å². The number of hydrogen-bond acceptors (Lipinski definition) is 1. The molecule has 75 valence electrons. The summed E-state index contributed by atoms with van der Waals surface area (Å²) in [5.41, 5.74) is -0.151. The summed E-state index contributed by atoms with van der Waals surface area (Å²) in [6.07, 6.45) is 1.87. The Kier molecular flexibility index (Phi) is 3.28. The van der Waals surface area contributed by atoms with Crippen molar-refractivity contribution in [3.63, 3.8) is 0 Å². The van der Waals surface area contributed by atoms with Crippen LogP contribution in [0.5, 0.6) is 0 Å². The average Bonchev–Trinajstić information content (AvgIpc) is 2.15. The Hall–Kier alpha value is -1.32. The van der Waals surface area contributed by atoms with Crippen molar-refractivity contribution in [2.24, 2.45) is 0 Å². The van der Waals surface area contributed by atoms with Crippen LogP contribution < -0.4 is 0 Å². The minimum atomic E-state index is -1.26. The van der Waals surface area contributed by atoms with Crippen LogP contribution in [-0.4, -0.2) is 6.29 Å². The summed E-state index contributed by atoms with van der Waals surface area (Å²) in [4.78, 5) is 10.4. The molecular formula is C10H8F3O. The van der Waals surface area contributed by atoms with E-state index >= 15 is 0 Å². The number of halogens is 3. The smallest absolute Gasteiger partial charge is 0.206 e. The Labute approximate surface area is 79.5 Å². The lowest BCUT2D eigenvalue weighted by Gasteiger charge is -2.08. The van der Waals surface area contributed by atoms with Crippen LogP contribution in [0.2, 0.25) is 0 Å². The van der Waals surface area contributed by atoms with Gasteiger partial charge in [0.2, 0.25) is 6.29 Å². The maximum Gasteiger partial charge on any atom is 0.206 e. The van der Waals surface area contributed by atoms with E-state index in [9.17, 15) is 18.0 Å². The van der Waals surface area contributed by atoms with E-state index in [4.69, 9.17) is 0 Å². The largest absolute Gasteiger partial charge is 0.290 e. The molecule has 14 heavy (non-hydrogen) atoms. The highest BCUT2D eigenvalue weighted by atomic mass is 19.2. The van der Waals surface area contributed by atoms with E-state index in [1.165, 1.54) is 0 Å². The molecular weight excluding hydrogens is 193 g/mol. The number of rotatable bonds is 3. The second kappa shape index (κ2) is 4.26. The number of benzene rings is 1. The van der Waals surface area contributed by atoms with Gasteiger partial charge in [0.25, 0.3) is 0 Å². The van der Waals surface area contributed by atoms with E-state index in [0.29, 0.717) is 18.6 Å². The van der Waals surface area contributed by atoms with Crippen LogP contribution in [-0.2, 0) is 4.79 Å². The molecule has 0 spiro atoms. The van der Waals surface area contributed by atoms with E-state index < -0.39 is 23.4 Å². The summed E-state index contributed by atoms with van der Waals surface area (Å²) in [6.45, 7) is 1.64. The molecule has 0 amide bonds. The van der Waals surface area contributed by atoms with E-state index in [1.807, 2.05) is 0 Å². The fraction of sp³-hybridized carbons (Fsp3) is 0.300. The van der Waals surface area contributed by atoms with Crippen molar-refractivity contribution in [2.45, 2.75) is 19.3 Å². The van der Waals surface area contributed by atoms with Crippen molar-refractivity contribution in [1.82, 2.24) is 0 Å². The Morgan fingerprint density at radius 2 is 1.79 bits per heavy atom. The molecule has 0 saturated carbocycles. The first-order valence-corrected chi connectivity index (χ1v) is 4.12.